The maximum Gasteiger partial charge on any atom is 0.227 e. The van der Waals surface area contributed by atoms with Gasteiger partial charge in [0.05, 0.1) is 6.42 Å². The van der Waals surface area contributed by atoms with Crippen molar-refractivity contribution in [1.29, 1.82) is 0 Å². The van der Waals surface area contributed by atoms with Gasteiger partial charge in [-0.25, -0.2) is 0 Å². The number of benzene rings is 2. The molecule has 1 heterocycles. The molecule has 126 valence electrons. The second kappa shape index (κ2) is 8.32. The van der Waals surface area contributed by atoms with Gasteiger partial charge >= 0.3 is 0 Å². The molecule has 2 aromatic carbocycles. The molecule has 3 nitrogen and oxygen atoms in total. The van der Waals surface area contributed by atoms with E-state index in [0.717, 1.165) is 44.7 Å². The molecule has 1 fully saturated rings. The van der Waals surface area contributed by atoms with Crippen molar-refractivity contribution in [3.05, 3.63) is 70.7 Å². The molecule has 0 saturated carbocycles. The van der Waals surface area contributed by atoms with Gasteiger partial charge in [-0.3, -0.25) is 9.69 Å². The molecule has 4 heteroatoms. The Labute approximate surface area is 148 Å². The van der Waals surface area contributed by atoms with E-state index in [1.54, 1.807) is 0 Å². The van der Waals surface area contributed by atoms with Crippen molar-refractivity contribution in [1.82, 2.24) is 9.80 Å². The van der Waals surface area contributed by atoms with Crippen LogP contribution in [0.3, 0.4) is 0 Å². The van der Waals surface area contributed by atoms with Crippen LogP contribution in [0.4, 0.5) is 0 Å². The SMILES string of the molecule is O=C(Cc1ccc(Cl)cc1)N1CCCN(Cc2ccccc2)CC1. The fourth-order valence-electron chi connectivity index (χ4n) is 3.11. The first-order valence-corrected chi connectivity index (χ1v) is 8.87. The van der Waals surface area contributed by atoms with E-state index in [9.17, 15) is 4.79 Å². The molecule has 0 bridgehead atoms. The Balaban J connectivity index is 1.53. The minimum Gasteiger partial charge on any atom is -0.341 e. The Hall–Kier alpha value is -1.84. The number of halogens is 1. The van der Waals surface area contributed by atoms with Crippen molar-refractivity contribution in [3.63, 3.8) is 0 Å². The minimum absolute atomic E-state index is 0.207. The Morgan fingerprint density at radius 3 is 2.38 bits per heavy atom. The lowest BCUT2D eigenvalue weighted by Crippen LogP contribution is -2.36. The van der Waals surface area contributed by atoms with Gasteiger partial charge < -0.3 is 4.90 Å². The molecule has 0 N–H and O–H groups in total. The predicted octanol–water partition coefficient (Wildman–Crippen LogP) is 3.62. The second-order valence-corrected chi connectivity index (χ2v) is 6.74. The van der Waals surface area contributed by atoms with Crippen LogP contribution in [0.2, 0.25) is 5.02 Å². The number of nitrogens with zero attached hydrogens (tertiary/aromatic N) is 2. The molecule has 1 amide bonds. The Morgan fingerprint density at radius 2 is 1.62 bits per heavy atom. The van der Waals surface area contributed by atoms with Gasteiger partial charge in [0.1, 0.15) is 0 Å². The number of hydrogen-bond donors (Lipinski definition) is 0. The topological polar surface area (TPSA) is 23.6 Å². The van der Waals surface area contributed by atoms with Crippen LogP contribution in [0.1, 0.15) is 17.5 Å². The molecule has 1 saturated heterocycles. The van der Waals surface area contributed by atoms with Gasteiger partial charge in [-0.1, -0.05) is 54.1 Å². The summed E-state index contributed by atoms with van der Waals surface area (Å²) in [7, 11) is 0. The van der Waals surface area contributed by atoms with E-state index in [0.29, 0.717) is 11.4 Å². The molecular weight excluding hydrogens is 320 g/mol. The molecule has 0 radical (unpaired) electrons. The van der Waals surface area contributed by atoms with Crippen LogP contribution in [-0.2, 0) is 17.8 Å². The number of hydrogen-bond acceptors (Lipinski definition) is 2. The van der Waals surface area contributed by atoms with E-state index in [4.69, 9.17) is 11.6 Å². The van der Waals surface area contributed by atoms with Crippen molar-refractivity contribution in [2.24, 2.45) is 0 Å². The summed E-state index contributed by atoms with van der Waals surface area (Å²) in [5.41, 5.74) is 2.35. The smallest absolute Gasteiger partial charge is 0.227 e. The number of carbonyl (C=O) groups is 1. The monoisotopic (exact) mass is 342 g/mol. The van der Waals surface area contributed by atoms with Crippen LogP contribution < -0.4 is 0 Å². The van der Waals surface area contributed by atoms with Crippen molar-refractivity contribution in [2.45, 2.75) is 19.4 Å². The lowest BCUT2D eigenvalue weighted by molar-refractivity contribution is -0.130. The van der Waals surface area contributed by atoms with Crippen LogP contribution in [0.5, 0.6) is 0 Å². The molecule has 1 aliphatic heterocycles. The molecule has 0 unspecified atom stereocenters. The zero-order valence-electron chi connectivity index (χ0n) is 13.8. The van der Waals surface area contributed by atoms with E-state index in [2.05, 4.69) is 29.2 Å². The summed E-state index contributed by atoms with van der Waals surface area (Å²) < 4.78 is 0. The molecule has 2 aromatic rings. The van der Waals surface area contributed by atoms with Crippen LogP contribution in [-0.4, -0.2) is 41.9 Å². The van der Waals surface area contributed by atoms with Gasteiger partial charge in [-0.2, -0.15) is 0 Å². The summed E-state index contributed by atoms with van der Waals surface area (Å²) >= 11 is 5.90. The molecule has 3 rings (SSSR count). The summed E-state index contributed by atoms with van der Waals surface area (Å²) in [6, 6.07) is 18.1. The van der Waals surface area contributed by atoms with Gasteiger partial charge in [0, 0.05) is 37.7 Å². The third-order valence-corrected chi connectivity index (χ3v) is 4.71. The van der Waals surface area contributed by atoms with Crippen molar-refractivity contribution < 1.29 is 4.79 Å². The first-order valence-electron chi connectivity index (χ1n) is 8.49. The minimum atomic E-state index is 0.207. The Bertz CT molecular complexity index is 657. The largest absolute Gasteiger partial charge is 0.341 e. The van der Waals surface area contributed by atoms with Gasteiger partial charge in [0.2, 0.25) is 5.91 Å². The lowest BCUT2D eigenvalue weighted by atomic mass is 10.1. The van der Waals surface area contributed by atoms with E-state index in [1.165, 1.54) is 5.56 Å². The highest BCUT2D eigenvalue weighted by atomic mass is 35.5. The second-order valence-electron chi connectivity index (χ2n) is 6.30. The summed E-state index contributed by atoms with van der Waals surface area (Å²) in [6.45, 7) is 4.58. The lowest BCUT2D eigenvalue weighted by Gasteiger charge is -2.22. The number of carbonyl (C=O) groups excluding carboxylic acids is 1. The van der Waals surface area contributed by atoms with Gasteiger partial charge in [0.15, 0.2) is 0 Å². The number of amides is 1. The standard InChI is InChI=1S/C20H23ClN2O/c21-19-9-7-17(8-10-19)15-20(24)23-12-4-11-22(13-14-23)16-18-5-2-1-3-6-18/h1-3,5-10H,4,11-16H2. The molecule has 0 atom stereocenters. The summed E-state index contributed by atoms with van der Waals surface area (Å²) in [5, 5.41) is 0.706. The maximum atomic E-state index is 12.5. The summed E-state index contributed by atoms with van der Waals surface area (Å²) in [6.07, 6.45) is 1.48. The van der Waals surface area contributed by atoms with Gasteiger partial charge in [-0.05, 0) is 29.7 Å². The van der Waals surface area contributed by atoms with Crippen LogP contribution in [0.25, 0.3) is 0 Å². The zero-order chi connectivity index (χ0) is 16.8. The maximum absolute atomic E-state index is 12.5. The van der Waals surface area contributed by atoms with Crippen LogP contribution >= 0.6 is 11.6 Å². The summed E-state index contributed by atoms with van der Waals surface area (Å²) in [4.78, 5) is 17.0. The van der Waals surface area contributed by atoms with E-state index in [-0.39, 0.29) is 5.91 Å². The Morgan fingerprint density at radius 1 is 0.875 bits per heavy atom. The molecule has 0 spiro atoms. The van der Waals surface area contributed by atoms with Crippen molar-refractivity contribution >= 4 is 17.5 Å². The first kappa shape index (κ1) is 17.0. The summed E-state index contributed by atoms with van der Waals surface area (Å²) in [5.74, 6) is 0.207. The average Bonchev–Trinajstić information content (AvgIpc) is 2.83. The normalized spacial score (nSPS) is 16.0. The third-order valence-electron chi connectivity index (χ3n) is 4.46. The molecule has 0 aliphatic carbocycles. The number of rotatable bonds is 4. The third kappa shape index (κ3) is 4.83. The molecule has 0 aromatic heterocycles. The quantitative estimate of drug-likeness (QED) is 0.847. The van der Waals surface area contributed by atoms with Crippen molar-refractivity contribution in [2.75, 3.05) is 26.2 Å². The first-order chi connectivity index (χ1) is 11.7. The van der Waals surface area contributed by atoms with Crippen LogP contribution in [0, 0.1) is 0 Å². The molecule has 1 aliphatic rings. The van der Waals surface area contributed by atoms with Gasteiger partial charge in [-0.15, -0.1) is 0 Å². The fourth-order valence-corrected chi connectivity index (χ4v) is 3.23. The van der Waals surface area contributed by atoms with Crippen LogP contribution in [0.15, 0.2) is 54.6 Å². The molecular formula is C20H23ClN2O. The highest BCUT2D eigenvalue weighted by Crippen LogP contribution is 2.13. The molecule has 24 heavy (non-hydrogen) atoms. The van der Waals surface area contributed by atoms with Crippen molar-refractivity contribution in [3.8, 4) is 0 Å². The van der Waals surface area contributed by atoms with E-state index < -0.39 is 0 Å². The fraction of sp³-hybridized carbons (Fsp3) is 0.350. The predicted molar refractivity (Wildman–Crippen MR) is 98.1 cm³/mol. The van der Waals surface area contributed by atoms with E-state index in [1.807, 2.05) is 35.2 Å². The highest BCUT2D eigenvalue weighted by molar-refractivity contribution is 6.30. The Kier molecular flexibility index (Phi) is 5.89. The highest BCUT2D eigenvalue weighted by Gasteiger charge is 2.19. The average molecular weight is 343 g/mol. The van der Waals surface area contributed by atoms with Gasteiger partial charge in [0.25, 0.3) is 0 Å². The van der Waals surface area contributed by atoms with E-state index >= 15 is 0 Å². The zero-order valence-corrected chi connectivity index (χ0v) is 14.6.